The molecule has 0 aromatic carbocycles. The molecule has 1 aliphatic heterocycles. The smallest absolute Gasteiger partial charge is 0.216 e. The lowest BCUT2D eigenvalue weighted by molar-refractivity contribution is 0.0393. The van der Waals surface area contributed by atoms with Crippen molar-refractivity contribution in [1.29, 1.82) is 0 Å². The lowest BCUT2D eigenvalue weighted by atomic mass is 10.0. The molecule has 0 radical (unpaired) electrons. The maximum Gasteiger partial charge on any atom is 0.216 e. The van der Waals surface area contributed by atoms with Crippen LogP contribution in [0.5, 0.6) is 0 Å². The summed E-state index contributed by atoms with van der Waals surface area (Å²) >= 11 is 0. The van der Waals surface area contributed by atoms with Crippen LogP contribution >= 0.6 is 0 Å². The van der Waals surface area contributed by atoms with Gasteiger partial charge in [0, 0.05) is 13.1 Å². The van der Waals surface area contributed by atoms with Crippen molar-refractivity contribution in [3.05, 3.63) is 0 Å². The maximum absolute atomic E-state index is 12.9. The van der Waals surface area contributed by atoms with E-state index in [4.69, 9.17) is 0 Å². The highest BCUT2D eigenvalue weighted by atomic mass is 32.2. The quantitative estimate of drug-likeness (QED) is 0.652. The Hall–Kier alpha value is -0.160. The third-order valence-corrected chi connectivity index (χ3v) is 4.14. The summed E-state index contributed by atoms with van der Waals surface area (Å²) in [4.78, 5) is 0. The van der Waals surface area contributed by atoms with Gasteiger partial charge in [0.25, 0.3) is 0 Å². The van der Waals surface area contributed by atoms with E-state index in [2.05, 4.69) is 0 Å². The van der Waals surface area contributed by atoms with Crippen molar-refractivity contribution in [2.45, 2.75) is 31.7 Å². The molecule has 1 rings (SSSR count). The Morgan fingerprint density at radius 2 is 1.83 bits per heavy atom. The molecule has 0 amide bonds. The van der Waals surface area contributed by atoms with Gasteiger partial charge >= 0.3 is 0 Å². The number of sulfonamides is 1. The number of nitrogens with zero attached hydrogens (tertiary/aromatic N) is 1. The maximum atomic E-state index is 12.9. The van der Waals surface area contributed by atoms with Crippen LogP contribution in [0.3, 0.4) is 0 Å². The van der Waals surface area contributed by atoms with E-state index in [-0.39, 0.29) is 13.1 Å². The van der Waals surface area contributed by atoms with Gasteiger partial charge in [0.15, 0.2) is 0 Å². The second kappa shape index (κ2) is 2.67. The summed E-state index contributed by atoms with van der Waals surface area (Å²) in [5.41, 5.74) is -1.32. The molecule has 0 aromatic heterocycles. The van der Waals surface area contributed by atoms with E-state index < -0.39 is 20.9 Å². The van der Waals surface area contributed by atoms with Gasteiger partial charge < -0.3 is 0 Å². The van der Waals surface area contributed by atoms with Crippen molar-refractivity contribution in [2.24, 2.45) is 0 Å². The second-order valence-electron chi connectivity index (χ2n) is 3.78. The number of alkyl halides is 1. The molecule has 0 spiro atoms. The minimum absolute atomic E-state index is 0.00745. The Morgan fingerprint density at radius 1 is 1.42 bits per heavy atom. The van der Waals surface area contributed by atoms with Gasteiger partial charge in [-0.3, -0.25) is 0 Å². The molecule has 12 heavy (non-hydrogen) atoms. The van der Waals surface area contributed by atoms with Crippen LogP contribution < -0.4 is 0 Å². The molecule has 1 saturated heterocycles. The molecule has 0 aromatic rings. The molecular formula is C7H14FNO2S. The minimum Gasteiger partial charge on any atom is -0.241 e. The molecule has 0 bridgehead atoms. The fourth-order valence-electron chi connectivity index (χ4n) is 1.17. The summed E-state index contributed by atoms with van der Waals surface area (Å²) in [5.74, 6) is 0. The van der Waals surface area contributed by atoms with Gasteiger partial charge in [0.1, 0.15) is 5.67 Å². The highest BCUT2D eigenvalue weighted by molar-refractivity contribution is 7.89. The van der Waals surface area contributed by atoms with E-state index >= 15 is 0 Å². The number of hydrogen-bond acceptors (Lipinski definition) is 2. The molecule has 0 atom stereocenters. The second-order valence-corrected chi connectivity index (χ2v) is 6.26. The van der Waals surface area contributed by atoms with Gasteiger partial charge in [0.05, 0.1) is 5.25 Å². The first-order valence-electron chi connectivity index (χ1n) is 3.93. The molecule has 0 N–H and O–H groups in total. The predicted octanol–water partition coefficient (Wildman–Crippen LogP) is 0.768. The van der Waals surface area contributed by atoms with E-state index in [1.165, 1.54) is 11.2 Å². The van der Waals surface area contributed by atoms with Crippen LogP contribution in [0, 0.1) is 0 Å². The zero-order chi connectivity index (χ0) is 9.57. The first kappa shape index (κ1) is 9.92. The molecule has 3 nitrogen and oxygen atoms in total. The normalized spacial score (nSPS) is 24.1. The summed E-state index contributed by atoms with van der Waals surface area (Å²) in [7, 11) is -3.22. The average Bonchev–Trinajstić information content (AvgIpc) is 1.82. The first-order chi connectivity index (χ1) is 5.26. The highest BCUT2D eigenvalue weighted by Crippen LogP contribution is 2.28. The van der Waals surface area contributed by atoms with E-state index in [9.17, 15) is 12.8 Å². The van der Waals surface area contributed by atoms with Crippen molar-refractivity contribution in [2.75, 3.05) is 13.1 Å². The van der Waals surface area contributed by atoms with Crippen molar-refractivity contribution in [3.8, 4) is 0 Å². The van der Waals surface area contributed by atoms with Crippen LogP contribution in [-0.2, 0) is 10.0 Å². The van der Waals surface area contributed by atoms with Gasteiger partial charge in [-0.05, 0) is 20.8 Å². The van der Waals surface area contributed by atoms with E-state index in [0.717, 1.165) is 0 Å². The predicted molar refractivity (Wildman–Crippen MR) is 45.1 cm³/mol. The number of rotatable bonds is 2. The standard InChI is InChI=1S/C7H14FNO2S/c1-6(2)12(10,11)9-4-7(3,8)5-9/h6H,4-5H2,1-3H3. The number of halogens is 1. The third-order valence-electron chi connectivity index (χ3n) is 1.97. The Kier molecular flexibility index (Phi) is 2.21. The SMILES string of the molecule is CC(C)S(=O)(=O)N1CC(C)(F)C1. The molecule has 1 heterocycles. The average molecular weight is 195 g/mol. The molecule has 0 saturated carbocycles. The van der Waals surface area contributed by atoms with E-state index in [1.54, 1.807) is 13.8 Å². The molecule has 0 aliphatic carbocycles. The Balaban J connectivity index is 2.65. The van der Waals surface area contributed by atoms with Crippen LogP contribution in [0.25, 0.3) is 0 Å². The van der Waals surface area contributed by atoms with Crippen LogP contribution in [-0.4, -0.2) is 36.7 Å². The zero-order valence-electron chi connectivity index (χ0n) is 7.54. The summed E-state index contributed by atoms with van der Waals surface area (Å²) in [6.45, 7) is 4.63. The van der Waals surface area contributed by atoms with Crippen LogP contribution in [0.15, 0.2) is 0 Å². The Morgan fingerprint density at radius 3 is 2.08 bits per heavy atom. The highest BCUT2D eigenvalue weighted by Gasteiger charge is 2.45. The monoisotopic (exact) mass is 195 g/mol. The van der Waals surface area contributed by atoms with Gasteiger partial charge in [-0.15, -0.1) is 0 Å². The van der Waals surface area contributed by atoms with Crippen LogP contribution in [0.2, 0.25) is 0 Å². The number of hydrogen-bond donors (Lipinski definition) is 0. The first-order valence-corrected chi connectivity index (χ1v) is 5.44. The Bertz CT molecular complexity index is 263. The molecular weight excluding hydrogens is 181 g/mol. The topological polar surface area (TPSA) is 37.4 Å². The van der Waals surface area contributed by atoms with Gasteiger partial charge in [0.2, 0.25) is 10.0 Å². The summed E-state index contributed by atoms with van der Waals surface area (Å²) in [6.07, 6.45) is 0. The minimum atomic E-state index is -3.22. The van der Waals surface area contributed by atoms with E-state index in [1.807, 2.05) is 0 Å². The lowest BCUT2D eigenvalue weighted by Crippen LogP contribution is -2.60. The largest absolute Gasteiger partial charge is 0.241 e. The van der Waals surface area contributed by atoms with Crippen molar-refractivity contribution in [1.82, 2.24) is 4.31 Å². The lowest BCUT2D eigenvalue weighted by Gasteiger charge is -2.41. The van der Waals surface area contributed by atoms with Crippen molar-refractivity contribution in [3.63, 3.8) is 0 Å². The molecule has 0 unspecified atom stereocenters. The van der Waals surface area contributed by atoms with Gasteiger partial charge in [-0.1, -0.05) is 0 Å². The summed E-state index contributed by atoms with van der Waals surface area (Å²) in [5, 5.41) is -0.450. The summed E-state index contributed by atoms with van der Waals surface area (Å²) in [6, 6.07) is 0. The van der Waals surface area contributed by atoms with Crippen LogP contribution in [0.1, 0.15) is 20.8 Å². The molecule has 1 fully saturated rings. The fraction of sp³-hybridized carbons (Fsp3) is 1.00. The van der Waals surface area contributed by atoms with Crippen LogP contribution in [0.4, 0.5) is 4.39 Å². The zero-order valence-corrected chi connectivity index (χ0v) is 8.36. The molecule has 1 aliphatic rings. The molecule has 5 heteroatoms. The summed E-state index contributed by atoms with van der Waals surface area (Å²) < 4.78 is 36.9. The Labute approximate surface area is 72.6 Å². The van der Waals surface area contributed by atoms with Gasteiger partial charge in [-0.25, -0.2) is 12.8 Å². The molecule has 72 valence electrons. The van der Waals surface area contributed by atoms with E-state index in [0.29, 0.717) is 0 Å². The van der Waals surface area contributed by atoms with Crippen molar-refractivity contribution < 1.29 is 12.8 Å². The van der Waals surface area contributed by atoms with Crippen molar-refractivity contribution >= 4 is 10.0 Å². The fourth-order valence-corrected chi connectivity index (χ4v) is 2.66. The van der Waals surface area contributed by atoms with Gasteiger partial charge in [-0.2, -0.15) is 4.31 Å². The third kappa shape index (κ3) is 1.61.